The lowest BCUT2D eigenvalue weighted by atomic mass is 10.1. The van der Waals surface area contributed by atoms with Gasteiger partial charge in [-0.25, -0.2) is 4.79 Å². The molecular formula is C10H14ClN3O2. The average Bonchev–Trinajstić information content (AvgIpc) is 2.74. The SMILES string of the molecule is Nc1c(Cl)[nH]c(=O)n(CC2CCCC2)c1=O. The lowest BCUT2D eigenvalue weighted by Gasteiger charge is -2.11. The first-order valence-electron chi connectivity index (χ1n) is 5.37. The fourth-order valence-electron chi connectivity index (χ4n) is 2.18. The predicted molar refractivity (Wildman–Crippen MR) is 62.7 cm³/mol. The highest BCUT2D eigenvalue weighted by atomic mass is 35.5. The Bertz CT molecular complexity index is 500. The number of aromatic amines is 1. The van der Waals surface area contributed by atoms with E-state index in [1.807, 2.05) is 0 Å². The third-order valence-electron chi connectivity index (χ3n) is 3.09. The summed E-state index contributed by atoms with van der Waals surface area (Å²) >= 11 is 5.61. The molecule has 0 bridgehead atoms. The van der Waals surface area contributed by atoms with E-state index in [9.17, 15) is 9.59 Å². The molecule has 0 amide bonds. The van der Waals surface area contributed by atoms with Gasteiger partial charge in [0.05, 0.1) is 0 Å². The van der Waals surface area contributed by atoms with Crippen LogP contribution in [0.2, 0.25) is 5.15 Å². The van der Waals surface area contributed by atoms with Crippen LogP contribution >= 0.6 is 11.6 Å². The fourth-order valence-corrected chi connectivity index (χ4v) is 2.34. The molecule has 1 aliphatic rings. The largest absolute Gasteiger partial charge is 0.392 e. The van der Waals surface area contributed by atoms with Gasteiger partial charge in [0.2, 0.25) is 0 Å². The second-order valence-electron chi connectivity index (χ2n) is 4.22. The number of rotatable bonds is 2. The third-order valence-corrected chi connectivity index (χ3v) is 3.39. The Morgan fingerprint density at radius 1 is 1.38 bits per heavy atom. The molecule has 2 rings (SSSR count). The van der Waals surface area contributed by atoms with E-state index in [0.717, 1.165) is 17.4 Å². The number of nitrogen functional groups attached to an aromatic ring is 1. The van der Waals surface area contributed by atoms with Crippen molar-refractivity contribution in [3.63, 3.8) is 0 Å². The minimum Gasteiger partial charge on any atom is -0.392 e. The van der Waals surface area contributed by atoms with Crippen LogP contribution in [-0.2, 0) is 6.54 Å². The zero-order valence-electron chi connectivity index (χ0n) is 8.83. The van der Waals surface area contributed by atoms with Crippen molar-refractivity contribution in [2.75, 3.05) is 5.73 Å². The molecule has 88 valence electrons. The summed E-state index contributed by atoms with van der Waals surface area (Å²) in [6.45, 7) is 0.440. The topological polar surface area (TPSA) is 80.9 Å². The molecule has 1 aromatic rings. The van der Waals surface area contributed by atoms with E-state index in [4.69, 9.17) is 17.3 Å². The van der Waals surface area contributed by atoms with Crippen molar-refractivity contribution in [1.82, 2.24) is 9.55 Å². The van der Waals surface area contributed by atoms with Gasteiger partial charge in [-0.1, -0.05) is 24.4 Å². The molecule has 0 spiro atoms. The van der Waals surface area contributed by atoms with Gasteiger partial charge >= 0.3 is 5.69 Å². The standard InChI is InChI=1S/C10H14ClN3O2/c11-8-7(12)9(15)14(10(16)13-8)5-6-3-1-2-4-6/h6H,1-5,12H2,(H,13,16). The second kappa shape index (κ2) is 4.33. The molecule has 1 aliphatic carbocycles. The van der Waals surface area contributed by atoms with E-state index >= 15 is 0 Å². The second-order valence-corrected chi connectivity index (χ2v) is 4.60. The number of anilines is 1. The molecule has 1 saturated carbocycles. The molecule has 0 aliphatic heterocycles. The number of hydrogen-bond acceptors (Lipinski definition) is 3. The van der Waals surface area contributed by atoms with Gasteiger partial charge < -0.3 is 5.73 Å². The molecule has 0 saturated heterocycles. The first-order chi connectivity index (χ1) is 7.59. The third kappa shape index (κ3) is 2.00. The predicted octanol–water partition coefficient (Wildman–Crippen LogP) is 0.962. The molecule has 3 N–H and O–H groups in total. The smallest absolute Gasteiger partial charge is 0.329 e. The maximum absolute atomic E-state index is 11.7. The van der Waals surface area contributed by atoms with E-state index in [1.165, 1.54) is 12.8 Å². The van der Waals surface area contributed by atoms with Crippen molar-refractivity contribution < 1.29 is 0 Å². The summed E-state index contributed by atoms with van der Waals surface area (Å²) in [6.07, 6.45) is 4.46. The Hall–Kier alpha value is -1.23. The maximum Gasteiger partial charge on any atom is 0.329 e. The Morgan fingerprint density at radius 2 is 2.00 bits per heavy atom. The maximum atomic E-state index is 11.7. The quantitative estimate of drug-likeness (QED) is 0.760. The summed E-state index contributed by atoms with van der Waals surface area (Å²) in [4.78, 5) is 25.7. The van der Waals surface area contributed by atoms with Crippen molar-refractivity contribution in [2.24, 2.45) is 5.92 Å². The van der Waals surface area contributed by atoms with Gasteiger partial charge in [-0.15, -0.1) is 0 Å². The minimum atomic E-state index is -0.486. The van der Waals surface area contributed by atoms with E-state index in [0.29, 0.717) is 12.5 Å². The van der Waals surface area contributed by atoms with Crippen LogP contribution in [0.1, 0.15) is 25.7 Å². The Kier molecular flexibility index (Phi) is 3.05. The molecule has 0 atom stereocenters. The molecule has 1 heterocycles. The molecule has 1 aromatic heterocycles. The number of nitrogens with zero attached hydrogens (tertiary/aromatic N) is 1. The zero-order chi connectivity index (χ0) is 11.7. The van der Waals surface area contributed by atoms with Gasteiger partial charge in [-0.05, 0) is 18.8 Å². The van der Waals surface area contributed by atoms with Gasteiger partial charge in [0.15, 0.2) is 0 Å². The molecule has 5 nitrogen and oxygen atoms in total. The summed E-state index contributed by atoms with van der Waals surface area (Å²) in [6, 6.07) is 0. The molecule has 0 aromatic carbocycles. The average molecular weight is 244 g/mol. The van der Waals surface area contributed by atoms with Crippen molar-refractivity contribution >= 4 is 17.3 Å². The number of aromatic nitrogens is 2. The van der Waals surface area contributed by atoms with E-state index in [-0.39, 0.29) is 10.8 Å². The number of H-pyrrole nitrogens is 1. The van der Waals surface area contributed by atoms with Gasteiger partial charge in [0, 0.05) is 6.54 Å². The van der Waals surface area contributed by atoms with Gasteiger partial charge in [-0.3, -0.25) is 14.3 Å². The summed E-state index contributed by atoms with van der Waals surface area (Å²) in [5.41, 5.74) is 4.45. The van der Waals surface area contributed by atoms with Crippen LogP contribution in [0.4, 0.5) is 5.69 Å². The Morgan fingerprint density at radius 3 is 2.62 bits per heavy atom. The van der Waals surface area contributed by atoms with E-state index in [2.05, 4.69) is 4.98 Å². The molecular weight excluding hydrogens is 230 g/mol. The van der Waals surface area contributed by atoms with Crippen LogP contribution < -0.4 is 17.0 Å². The lowest BCUT2D eigenvalue weighted by Crippen LogP contribution is -2.38. The Labute approximate surface area is 97.2 Å². The van der Waals surface area contributed by atoms with Crippen molar-refractivity contribution in [3.8, 4) is 0 Å². The van der Waals surface area contributed by atoms with Crippen LogP contribution in [0.3, 0.4) is 0 Å². The molecule has 6 heteroatoms. The van der Waals surface area contributed by atoms with Crippen molar-refractivity contribution in [1.29, 1.82) is 0 Å². The fraction of sp³-hybridized carbons (Fsp3) is 0.600. The highest BCUT2D eigenvalue weighted by Gasteiger charge is 2.18. The van der Waals surface area contributed by atoms with E-state index in [1.54, 1.807) is 0 Å². The number of nitrogens with two attached hydrogens (primary N) is 1. The first kappa shape index (κ1) is 11.3. The minimum absolute atomic E-state index is 0.0716. The Balaban J connectivity index is 2.37. The number of nitrogens with one attached hydrogen (secondary N) is 1. The summed E-state index contributed by atoms with van der Waals surface area (Å²) in [7, 11) is 0. The lowest BCUT2D eigenvalue weighted by molar-refractivity contribution is 0.437. The molecule has 0 radical (unpaired) electrons. The van der Waals surface area contributed by atoms with Crippen LogP contribution in [0.15, 0.2) is 9.59 Å². The number of halogens is 1. The van der Waals surface area contributed by atoms with Gasteiger partial charge in [0.25, 0.3) is 5.56 Å². The van der Waals surface area contributed by atoms with Gasteiger partial charge in [-0.2, -0.15) is 0 Å². The highest BCUT2D eigenvalue weighted by molar-refractivity contribution is 6.31. The number of hydrogen-bond donors (Lipinski definition) is 2. The highest BCUT2D eigenvalue weighted by Crippen LogP contribution is 2.25. The summed E-state index contributed by atoms with van der Waals surface area (Å²) in [5, 5.41) is -0.0716. The summed E-state index contributed by atoms with van der Waals surface area (Å²) < 4.78 is 1.15. The molecule has 1 fully saturated rings. The van der Waals surface area contributed by atoms with Crippen LogP contribution in [0.25, 0.3) is 0 Å². The van der Waals surface area contributed by atoms with Crippen molar-refractivity contribution in [2.45, 2.75) is 32.2 Å². The zero-order valence-corrected chi connectivity index (χ0v) is 9.59. The monoisotopic (exact) mass is 243 g/mol. The van der Waals surface area contributed by atoms with Gasteiger partial charge in [0.1, 0.15) is 10.8 Å². The van der Waals surface area contributed by atoms with E-state index < -0.39 is 11.2 Å². The summed E-state index contributed by atoms with van der Waals surface area (Å²) in [5.74, 6) is 0.402. The van der Waals surface area contributed by atoms with Crippen molar-refractivity contribution in [3.05, 3.63) is 26.0 Å². The molecule has 0 unspecified atom stereocenters. The van der Waals surface area contributed by atoms with Crippen LogP contribution in [0.5, 0.6) is 0 Å². The van der Waals surface area contributed by atoms with Crippen LogP contribution in [0, 0.1) is 5.92 Å². The first-order valence-corrected chi connectivity index (χ1v) is 5.75. The normalized spacial score (nSPS) is 16.8. The molecule has 16 heavy (non-hydrogen) atoms. The van der Waals surface area contributed by atoms with Crippen LogP contribution in [-0.4, -0.2) is 9.55 Å².